The minimum Gasteiger partial charge on any atom is -0.366 e. The summed E-state index contributed by atoms with van der Waals surface area (Å²) in [7, 11) is 0. The summed E-state index contributed by atoms with van der Waals surface area (Å²) in [6.45, 7) is 0.166. The van der Waals surface area contributed by atoms with Crippen LogP contribution in [-0.2, 0) is 9.59 Å². The zero-order valence-electron chi connectivity index (χ0n) is 10.2. The highest BCUT2D eigenvalue weighted by Gasteiger charge is 2.26. The zero-order chi connectivity index (χ0) is 14.5. The molecule has 0 saturated heterocycles. The Bertz CT molecular complexity index is 380. The summed E-state index contributed by atoms with van der Waals surface area (Å²) in [4.78, 5) is 22.4. The van der Waals surface area contributed by atoms with Gasteiger partial charge in [-0.15, -0.1) is 0 Å². The standard InChI is InChI=1S/C11H16F3N3O2/c12-11(13,14)4-1-5-16-10(19)8-3-2-7(6-17-8)9(15)18/h2,8,17H,1,3-6H2,(H2,15,18)(H,16,19). The second-order valence-electron chi connectivity index (χ2n) is 4.27. The first-order valence-corrected chi connectivity index (χ1v) is 5.86. The van der Waals surface area contributed by atoms with Crippen LogP contribution in [0.1, 0.15) is 19.3 Å². The van der Waals surface area contributed by atoms with Crippen LogP contribution in [0.5, 0.6) is 0 Å². The van der Waals surface area contributed by atoms with Crippen LogP contribution >= 0.6 is 0 Å². The molecular formula is C11H16F3N3O2. The number of hydrogen-bond acceptors (Lipinski definition) is 3. The Labute approximate surface area is 108 Å². The lowest BCUT2D eigenvalue weighted by Gasteiger charge is -2.21. The lowest BCUT2D eigenvalue weighted by molar-refractivity contribution is -0.136. The van der Waals surface area contributed by atoms with Gasteiger partial charge in [-0.25, -0.2) is 0 Å². The van der Waals surface area contributed by atoms with Gasteiger partial charge < -0.3 is 16.4 Å². The predicted octanol–water partition coefficient (Wildman–Crippen LogP) is 0.219. The van der Waals surface area contributed by atoms with Crippen molar-refractivity contribution in [1.82, 2.24) is 10.6 Å². The van der Waals surface area contributed by atoms with Crippen LogP contribution in [0, 0.1) is 0 Å². The minimum atomic E-state index is -4.20. The maximum atomic E-state index is 11.9. The molecule has 1 aliphatic heterocycles. The summed E-state index contributed by atoms with van der Waals surface area (Å²) in [6, 6.07) is -0.533. The number of hydrogen-bond donors (Lipinski definition) is 3. The second-order valence-corrected chi connectivity index (χ2v) is 4.27. The van der Waals surface area contributed by atoms with E-state index in [9.17, 15) is 22.8 Å². The molecule has 0 aromatic rings. The third-order valence-electron chi connectivity index (χ3n) is 2.71. The zero-order valence-corrected chi connectivity index (χ0v) is 10.2. The van der Waals surface area contributed by atoms with Gasteiger partial charge in [0.25, 0.3) is 0 Å². The Hall–Kier alpha value is -1.57. The van der Waals surface area contributed by atoms with Gasteiger partial charge in [-0.3, -0.25) is 9.59 Å². The van der Waals surface area contributed by atoms with E-state index in [2.05, 4.69) is 10.6 Å². The summed E-state index contributed by atoms with van der Waals surface area (Å²) in [6.07, 6.45) is -3.41. The van der Waals surface area contributed by atoms with Crippen molar-refractivity contribution in [3.05, 3.63) is 11.6 Å². The summed E-state index contributed by atoms with van der Waals surface area (Å²) in [5.74, 6) is -0.918. The van der Waals surface area contributed by atoms with Gasteiger partial charge in [0.1, 0.15) is 0 Å². The van der Waals surface area contributed by atoms with E-state index in [1.54, 1.807) is 6.08 Å². The van der Waals surface area contributed by atoms with Crippen molar-refractivity contribution in [1.29, 1.82) is 0 Å². The van der Waals surface area contributed by atoms with Crippen molar-refractivity contribution in [2.45, 2.75) is 31.5 Å². The molecule has 0 saturated carbocycles. The topological polar surface area (TPSA) is 84.2 Å². The first-order chi connectivity index (χ1) is 8.79. The number of primary amides is 1. The minimum absolute atomic E-state index is 0.0249. The Morgan fingerprint density at radius 2 is 2.16 bits per heavy atom. The molecular weight excluding hydrogens is 263 g/mol. The van der Waals surface area contributed by atoms with Crippen molar-refractivity contribution in [3.63, 3.8) is 0 Å². The van der Waals surface area contributed by atoms with E-state index in [1.807, 2.05) is 0 Å². The Balaban J connectivity index is 2.27. The van der Waals surface area contributed by atoms with Crippen molar-refractivity contribution < 1.29 is 22.8 Å². The highest BCUT2D eigenvalue weighted by atomic mass is 19.4. The number of carbonyl (C=O) groups is 2. The molecule has 1 unspecified atom stereocenters. The number of nitrogens with two attached hydrogens (primary N) is 1. The molecule has 0 aromatic carbocycles. The van der Waals surface area contributed by atoms with Gasteiger partial charge in [0.15, 0.2) is 0 Å². The van der Waals surface area contributed by atoms with Crippen LogP contribution in [0.15, 0.2) is 11.6 Å². The normalized spacial score (nSPS) is 19.7. The predicted molar refractivity (Wildman–Crippen MR) is 62.0 cm³/mol. The summed E-state index contributed by atoms with van der Waals surface area (Å²) in [5, 5.41) is 5.23. The van der Waals surface area contributed by atoms with E-state index >= 15 is 0 Å². The number of nitrogens with one attached hydrogen (secondary N) is 2. The molecule has 0 aliphatic carbocycles. The van der Waals surface area contributed by atoms with E-state index in [1.165, 1.54) is 0 Å². The smallest absolute Gasteiger partial charge is 0.366 e. The molecule has 1 aliphatic rings. The first-order valence-electron chi connectivity index (χ1n) is 5.86. The Morgan fingerprint density at radius 1 is 1.47 bits per heavy atom. The van der Waals surface area contributed by atoms with Crippen LogP contribution in [0.4, 0.5) is 13.2 Å². The lowest BCUT2D eigenvalue weighted by atomic mass is 10.0. The molecule has 1 rings (SSSR count). The van der Waals surface area contributed by atoms with Crippen molar-refractivity contribution in [3.8, 4) is 0 Å². The molecule has 0 aromatic heterocycles. The molecule has 19 heavy (non-hydrogen) atoms. The molecule has 5 nitrogen and oxygen atoms in total. The lowest BCUT2D eigenvalue weighted by Crippen LogP contribution is -2.47. The molecule has 0 fully saturated rings. The molecule has 4 N–H and O–H groups in total. The van der Waals surface area contributed by atoms with Crippen molar-refractivity contribution in [2.75, 3.05) is 13.1 Å². The number of amides is 2. The molecule has 8 heteroatoms. The van der Waals surface area contributed by atoms with Gasteiger partial charge >= 0.3 is 6.18 Å². The van der Waals surface area contributed by atoms with E-state index in [0.29, 0.717) is 12.0 Å². The van der Waals surface area contributed by atoms with Crippen molar-refractivity contribution in [2.24, 2.45) is 5.73 Å². The summed E-state index contributed by atoms with van der Waals surface area (Å²) < 4.78 is 35.6. The maximum Gasteiger partial charge on any atom is 0.389 e. The molecule has 0 bridgehead atoms. The van der Waals surface area contributed by atoms with Crippen molar-refractivity contribution >= 4 is 11.8 Å². The fourth-order valence-electron chi connectivity index (χ4n) is 1.66. The average molecular weight is 279 g/mol. The van der Waals surface area contributed by atoms with Gasteiger partial charge in [-0.05, 0) is 12.8 Å². The SMILES string of the molecule is NC(=O)C1=CCC(C(=O)NCCCC(F)(F)F)NC1. The number of alkyl halides is 3. The Morgan fingerprint density at radius 3 is 2.63 bits per heavy atom. The summed E-state index contributed by atoms with van der Waals surface area (Å²) in [5.41, 5.74) is 5.48. The van der Waals surface area contributed by atoms with E-state index in [4.69, 9.17) is 5.73 Å². The largest absolute Gasteiger partial charge is 0.389 e. The van der Waals surface area contributed by atoms with Crippen LogP contribution in [0.25, 0.3) is 0 Å². The van der Waals surface area contributed by atoms with Crippen LogP contribution in [0.3, 0.4) is 0 Å². The third kappa shape index (κ3) is 5.73. The van der Waals surface area contributed by atoms with Gasteiger partial charge in [0, 0.05) is 25.1 Å². The fourth-order valence-corrected chi connectivity index (χ4v) is 1.66. The molecule has 108 valence electrons. The van der Waals surface area contributed by atoms with E-state index in [-0.39, 0.29) is 25.4 Å². The first kappa shape index (κ1) is 15.5. The maximum absolute atomic E-state index is 11.9. The summed E-state index contributed by atoms with van der Waals surface area (Å²) >= 11 is 0. The quantitative estimate of drug-likeness (QED) is 0.629. The van der Waals surface area contributed by atoms with E-state index in [0.717, 1.165) is 0 Å². The van der Waals surface area contributed by atoms with Crippen LogP contribution in [-0.4, -0.2) is 37.1 Å². The molecule has 0 spiro atoms. The molecule has 2 amide bonds. The van der Waals surface area contributed by atoms with Crippen LogP contribution in [0.2, 0.25) is 0 Å². The average Bonchev–Trinajstić information content (AvgIpc) is 2.33. The second kappa shape index (κ2) is 6.55. The highest BCUT2D eigenvalue weighted by Crippen LogP contribution is 2.20. The number of rotatable bonds is 5. The highest BCUT2D eigenvalue weighted by molar-refractivity contribution is 5.93. The molecule has 0 radical (unpaired) electrons. The van der Waals surface area contributed by atoms with Gasteiger partial charge in [-0.2, -0.15) is 13.2 Å². The van der Waals surface area contributed by atoms with Gasteiger partial charge in [-0.1, -0.05) is 6.08 Å². The van der Waals surface area contributed by atoms with Crippen LogP contribution < -0.4 is 16.4 Å². The fraction of sp³-hybridized carbons (Fsp3) is 0.636. The third-order valence-corrected chi connectivity index (χ3v) is 2.71. The van der Waals surface area contributed by atoms with E-state index < -0.39 is 24.5 Å². The number of carbonyl (C=O) groups excluding carboxylic acids is 2. The van der Waals surface area contributed by atoms with Gasteiger partial charge in [0.2, 0.25) is 11.8 Å². The monoisotopic (exact) mass is 279 g/mol. The molecule has 1 heterocycles. The Kier molecular flexibility index (Phi) is 5.34. The molecule has 1 atom stereocenters. The van der Waals surface area contributed by atoms with Gasteiger partial charge in [0.05, 0.1) is 6.04 Å². The number of halogens is 3.